The van der Waals surface area contributed by atoms with Crippen LogP contribution in [0.4, 0.5) is 5.69 Å². The quantitative estimate of drug-likeness (QED) is 0.832. The Hall–Kier alpha value is -2.40. The lowest BCUT2D eigenvalue weighted by Gasteiger charge is -2.41. The molecule has 2 aromatic rings. The van der Waals surface area contributed by atoms with Gasteiger partial charge in [0.25, 0.3) is 0 Å². The van der Waals surface area contributed by atoms with Crippen LogP contribution in [0.1, 0.15) is 22.7 Å². The Morgan fingerprint density at radius 2 is 1.62 bits per heavy atom. The van der Waals surface area contributed by atoms with Crippen molar-refractivity contribution in [2.75, 3.05) is 27.8 Å². The minimum Gasteiger partial charge on any atom is -0.504 e. The number of nitrogens with zero attached hydrogens (tertiary/aromatic N) is 1. The van der Waals surface area contributed by atoms with Gasteiger partial charge in [-0.1, -0.05) is 0 Å². The molecule has 2 N–H and O–H groups in total. The van der Waals surface area contributed by atoms with Crippen LogP contribution in [0.2, 0.25) is 0 Å². The molecule has 4 rings (SSSR count). The molecule has 2 aliphatic heterocycles. The molecule has 0 amide bonds. The summed E-state index contributed by atoms with van der Waals surface area (Å²) in [6, 6.07) is 7.80. The number of aromatic hydroxyl groups is 2. The standard InChI is InChI=1S/C19H21NO4/c1-20-5-4-11-8-18(23-2)17(22)9-13(11)15(20)6-12-7-16(21)19(24-3)10-14(12)20/h7-10,15H,4-6H2,1-3H3,(H-,21,22)/p+1/t15-,20-/m1/s1. The van der Waals surface area contributed by atoms with Crippen molar-refractivity contribution in [1.82, 2.24) is 4.48 Å². The number of methoxy groups -OCH3 is 2. The van der Waals surface area contributed by atoms with Crippen molar-refractivity contribution in [2.45, 2.75) is 18.9 Å². The molecule has 0 aliphatic carbocycles. The van der Waals surface area contributed by atoms with Crippen molar-refractivity contribution >= 4 is 5.69 Å². The fourth-order valence-electron chi connectivity index (χ4n) is 4.34. The molecule has 24 heavy (non-hydrogen) atoms. The molecule has 2 aromatic carbocycles. The zero-order valence-corrected chi connectivity index (χ0v) is 14.2. The fourth-order valence-corrected chi connectivity index (χ4v) is 4.34. The van der Waals surface area contributed by atoms with Crippen LogP contribution >= 0.6 is 0 Å². The molecule has 5 nitrogen and oxygen atoms in total. The third kappa shape index (κ3) is 1.91. The minimum atomic E-state index is 0.181. The number of phenolic OH excluding ortho intramolecular Hbond substituents is 2. The van der Waals surface area contributed by atoms with Crippen molar-refractivity contribution in [2.24, 2.45) is 0 Å². The van der Waals surface area contributed by atoms with E-state index in [4.69, 9.17) is 9.47 Å². The van der Waals surface area contributed by atoms with Crippen molar-refractivity contribution in [3.8, 4) is 23.0 Å². The maximum absolute atomic E-state index is 10.2. The number of benzene rings is 2. The lowest BCUT2D eigenvalue weighted by Crippen LogP contribution is -2.50. The van der Waals surface area contributed by atoms with Crippen LogP contribution < -0.4 is 14.0 Å². The highest BCUT2D eigenvalue weighted by Gasteiger charge is 2.48. The van der Waals surface area contributed by atoms with Gasteiger partial charge in [0.05, 0.1) is 27.8 Å². The summed E-state index contributed by atoms with van der Waals surface area (Å²) in [6.45, 7) is 0.965. The number of hydrogen-bond donors (Lipinski definition) is 2. The fraction of sp³-hybridized carbons (Fsp3) is 0.368. The highest BCUT2D eigenvalue weighted by atomic mass is 16.5. The zero-order chi connectivity index (χ0) is 17.1. The number of rotatable bonds is 2. The second kappa shape index (κ2) is 5.05. The van der Waals surface area contributed by atoms with Crippen molar-refractivity contribution in [3.63, 3.8) is 0 Å². The Kier molecular flexibility index (Phi) is 3.18. The molecule has 5 heteroatoms. The maximum atomic E-state index is 10.2. The van der Waals surface area contributed by atoms with E-state index in [1.165, 1.54) is 11.3 Å². The Morgan fingerprint density at radius 3 is 2.33 bits per heavy atom. The van der Waals surface area contributed by atoms with Gasteiger partial charge in [-0.05, 0) is 23.8 Å². The van der Waals surface area contributed by atoms with Gasteiger partial charge in [0.15, 0.2) is 23.0 Å². The number of phenols is 2. The lowest BCUT2D eigenvalue weighted by atomic mass is 9.90. The van der Waals surface area contributed by atoms with Crippen molar-refractivity contribution < 1.29 is 19.7 Å². The van der Waals surface area contributed by atoms with Crippen molar-refractivity contribution in [3.05, 3.63) is 41.0 Å². The van der Waals surface area contributed by atoms with E-state index in [-0.39, 0.29) is 17.5 Å². The Morgan fingerprint density at radius 1 is 0.958 bits per heavy atom. The number of ether oxygens (including phenoxy) is 2. The average molecular weight is 328 g/mol. The second-order valence-corrected chi connectivity index (χ2v) is 6.84. The third-order valence-corrected chi connectivity index (χ3v) is 5.68. The number of fused-ring (bicyclic) bond motifs is 5. The van der Waals surface area contributed by atoms with Crippen LogP contribution in [0.5, 0.6) is 23.0 Å². The summed E-state index contributed by atoms with van der Waals surface area (Å²) in [7, 11) is 5.37. The molecular weight excluding hydrogens is 306 g/mol. The highest BCUT2D eigenvalue weighted by molar-refractivity contribution is 5.65. The van der Waals surface area contributed by atoms with Crippen LogP contribution in [0.25, 0.3) is 0 Å². The first-order valence-electron chi connectivity index (χ1n) is 8.13. The first-order valence-corrected chi connectivity index (χ1v) is 8.13. The molecule has 0 unspecified atom stereocenters. The summed E-state index contributed by atoms with van der Waals surface area (Å²) in [5.74, 6) is 1.40. The molecular formula is C19H22NO4+. The number of hydrogen-bond acceptors (Lipinski definition) is 4. The van der Waals surface area contributed by atoms with Gasteiger partial charge in [0.1, 0.15) is 11.7 Å². The summed E-state index contributed by atoms with van der Waals surface area (Å²) in [4.78, 5) is 0. The van der Waals surface area contributed by atoms with E-state index >= 15 is 0 Å². The van der Waals surface area contributed by atoms with E-state index in [1.54, 1.807) is 14.2 Å². The molecule has 2 heterocycles. The van der Waals surface area contributed by atoms with Gasteiger partial charge in [-0.15, -0.1) is 0 Å². The molecule has 0 saturated heterocycles. The van der Waals surface area contributed by atoms with E-state index in [2.05, 4.69) is 7.05 Å². The third-order valence-electron chi connectivity index (χ3n) is 5.68. The SMILES string of the molecule is COc1cc2c(cc1O)[C@H]1Cc3cc(O)c(OC)cc3[N@@+]1(C)CC2. The van der Waals surface area contributed by atoms with Crippen LogP contribution in [-0.2, 0) is 12.8 Å². The Bertz CT molecular complexity index is 833. The van der Waals surface area contributed by atoms with Gasteiger partial charge in [-0.2, -0.15) is 0 Å². The monoisotopic (exact) mass is 328 g/mol. The predicted octanol–water partition coefficient (Wildman–Crippen LogP) is 2.91. The van der Waals surface area contributed by atoms with Crippen molar-refractivity contribution in [1.29, 1.82) is 0 Å². The predicted molar refractivity (Wildman–Crippen MR) is 92.1 cm³/mol. The van der Waals surface area contributed by atoms with E-state index in [0.717, 1.165) is 35.0 Å². The summed E-state index contributed by atoms with van der Waals surface area (Å²) < 4.78 is 11.3. The maximum Gasteiger partial charge on any atom is 0.166 e. The molecule has 126 valence electrons. The van der Waals surface area contributed by atoms with Crippen LogP contribution in [0.3, 0.4) is 0 Å². The second-order valence-electron chi connectivity index (χ2n) is 6.84. The highest BCUT2D eigenvalue weighted by Crippen LogP contribution is 2.52. The number of quaternary nitrogens is 1. The summed E-state index contributed by atoms with van der Waals surface area (Å²) in [5, 5.41) is 20.3. The molecule has 2 aliphatic rings. The average Bonchev–Trinajstić information content (AvgIpc) is 2.85. The van der Waals surface area contributed by atoms with Gasteiger partial charge in [0.2, 0.25) is 0 Å². The smallest absolute Gasteiger partial charge is 0.166 e. The minimum absolute atomic E-state index is 0.181. The topological polar surface area (TPSA) is 58.9 Å². The summed E-state index contributed by atoms with van der Waals surface area (Å²) >= 11 is 0. The van der Waals surface area contributed by atoms with Gasteiger partial charge in [0, 0.05) is 30.0 Å². The molecule has 0 spiro atoms. The van der Waals surface area contributed by atoms with Gasteiger partial charge in [-0.3, -0.25) is 4.48 Å². The molecule has 0 radical (unpaired) electrons. The Balaban J connectivity index is 1.85. The molecule has 0 bridgehead atoms. The molecule has 0 fully saturated rings. The molecule has 2 atom stereocenters. The summed E-state index contributed by atoms with van der Waals surface area (Å²) in [6.07, 6.45) is 1.75. The van der Waals surface area contributed by atoms with Crippen LogP contribution in [0.15, 0.2) is 24.3 Å². The first-order chi connectivity index (χ1) is 11.5. The zero-order valence-electron chi connectivity index (χ0n) is 14.2. The first kappa shape index (κ1) is 15.1. The van der Waals surface area contributed by atoms with Crippen LogP contribution in [-0.4, -0.2) is 38.0 Å². The molecule has 0 saturated carbocycles. The van der Waals surface area contributed by atoms with E-state index in [0.29, 0.717) is 11.5 Å². The van der Waals surface area contributed by atoms with E-state index < -0.39 is 0 Å². The lowest BCUT2D eigenvalue weighted by molar-refractivity contribution is 0.251. The van der Waals surface area contributed by atoms with E-state index in [9.17, 15) is 10.2 Å². The Labute approximate surface area is 141 Å². The largest absolute Gasteiger partial charge is 0.504 e. The van der Waals surface area contributed by atoms with Gasteiger partial charge in [-0.25, -0.2) is 0 Å². The van der Waals surface area contributed by atoms with Gasteiger partial charge < -0.3 is 19.7 Å². The van der Waals surface area contributed by atoms with E-state index in [1.807, 2.05) is 24.3 Å². The number of likely N-dealkylation sites (N-methyl/N-ethyl adjacent to an activating group) is 1. The molecule has 0 aromatic heterocycles. The normalized spacial score (nSPS) is 24.0. The van der Waals surface area contributed by atoms with Crippen LogP contribution in [0, 0.1) is 0 Å². The van der Waals surface area contributed by atoms with Gasteiger partial charge >= 0.3 is 0 Å². The summed E-state index contributed by atoms with van der Waals surface area (Å²) in [5.41, 5.74) is 4.73.